The number of carbonyl (C=O) groups is 1. The Hall–Kier alpha value is -3.50. The van der Waals surface area contributed by atoms with E-state index in [1.165, 1.54) is 0 Å². The van der Waals surface area contributed by atoms with E-state index < -0.39 is 0 Å². The van der Waals surface area contributed by atoms with Crippen LogP contribution in [-0.4, -0.2) is 27.0 Å². The summed E-state index contributed by atoms with van der Waals surface area (Å²) in [5.74, 6) is -0.112. The lowest BCUT2D eigenvalue weighted by molar-refractivity contribution is 0.0986. The predicted molar refractivity (Wildman–Crippen MR) is 119 cm³/mol. The van der Waals surface area contributed by atoms with Gasteiger partial charge in [0.2, 0.25) is 0 Å². The summed E-state index contributed by atoms with van der Waals surface area (Å²) in [5, 5.41) is 9.72. The van der Waals surface area contributed by atoms with E-state index in [0.717, 1.165) is 34.3 Å². The number of benzene rings is 2. The van der Waals surface area contributed by atoms with Crippen molar-refractivity contribution in [2.75, 3.05) is 11.4 Å². The molecule has 2 heterocycles. The van der Waals surface area contributed by atoms with Crippen LogP contribution in [0.5, 0.6) is 0 Å². The third-order valence-electron chi connectivity index (χ3n) is 4.90. The second-order valence-electron chi connectivity index (χ2n) is 7.23. The van der Waals surface area contributed by atoms with Crippen molar-refractivity contribution in [3.8, 4) is 6.07 Å². The highest BCUT2D eigenvalue weighted by atomic mass is 32.1. The van der Waals surface area contributed by atoms with Gasteiger partial charge in [0.1, 0.15) is 0 Å². The number of imidazole rings is 1. The lowest BCUT2D eigenvalue weighted by Crippen LogP contribution is -2.32. The van der Waals surface area contributed by atoms with E-state index in [0.29, 0.717) is 22.8 Å². The summed E-state index contributed by atoms with van der Waals surface area (Å²) in [6.45, 7) is 5.43. The molecule has 0 aliphatic heterocycles. The van der Waals surface area contributed by atoms with Gasteiger partial charge in [-0.05, 0) is 61.7 Å². The molecule has 0 atom stereocenters. The minimum Gasteiger partial charge on any atom is -0.337 e. The minimum absolute atomic E-state index is 0.112. The predicted octanol–water partition coefficient (Wildman–Crippen LogP) is 4.72. The molecule has 0 saturated carbocycles. The molecule has 1 amide bonds. The molecule has 0 spiro atoms. The molecule has 0 saturated heterocycles. The number of aryl methyl sites for hydroxylation is 3. The summed E-state index contributed by atoms with van der Waals surface area (Å²) in [6.07, 6.45) is 6.21. The van der Waals surface area contributed by atoms with Crippen molar-refractivity contribution in [2.45, 2.75) is 26.8 Å². The SMILES string of the molecule is Cc1cc(C)c2sc(N(CCCn3ccnc3)C(=O)c3ccc(C#N)cc3)nc2c1. The number of thiazole rings is 1. The molecular weight excluding hydrogens is 394 g/mol. The molecule has 0 fully saturated rings. The van der Waals surface area contributed by atoms with Crippen LogP contribution in [0.25, 0.3) is 10.2 Å². The molecule has 6 nitrogen and oxygen atoms in total. The average Bonchev–Trinajstić information content (AvgIpc) is 3.41. The molecule has 0 bridgehead atoms. The largest absolute Gasteiger partial charge is 0.337 e. The molecule has 150 valence electrons. The van der Waals surface area contributed by atoms with Crippen molar-refractivity contribution in [1.29, 1.82) is 5.26 Å². The maximum atomic E-state index is 13.4. The highest BCUT2D eigenvalue weighted by Gasteiger charge is 2.21. The van der Waals surface area contributed by atoms with Gasteiger partial charge in [0, 0.05) is 31.0 Å². The lowest BCUT2D eigenvalue weighted by Gasteiger charge is -2.20. The number of nitriles is 1. The second-order valence-corrected chi connectivity index (χ2v) is 8.20. The Morgan fingerprint density at radius 2 is 2.03 bits per heavy atom. The first-order valence-corrected chi connectivity index (χ1v) is 10.5. The zero-order valence-electron chi connectivity index (χ0n) is 16.9. The molecule has 4 aromatic rings. The third-order valence-corrected chi connectivity index (χ3v) is 6.13. The molecule has 0 unspecified atom stereocenters. The molecule has 2 aromatic carbocycles. The van der Waals surface area contributed by atoms with Crippen molar-refractivity contribution in [2.24, 2.45) is 0 Å². The Morgan fingerprint density at radius 3 is 2.73 bits per heavy atom. The zero-order chi connectivity index (χ0) is 21.1. The van der Waals surface area contributed by atoms with Gasteiger partial charge in [0.05, 0.1) is 28.2 Å². The molecule has 2 aromatic heterocycles. The smallest absolute Gasteiger partial charge is 0.260 e. The molecule has 0 radical (unpaired) electrons. The van der Waals surface area contributed by atoms with E-state index in [2.05, 4.69) is 37.0 Å². The molecule has 0 aliphatic rings. The quantitative estimate of drug-likeness (QED) is 0.457. The normalized spacial score (nSPS) is 10.8. The Morgan fingerprint density at radius 1 is 1.23 bits per heavy atom. The van der Waals surface area contributed by atoms with E-state index in [1.807, 2.05) is 10.8 Å². The Labute approximate surface area is 179 Å². The number of nitrogens with zero attached hydrogens (tertiary/aromatic N) is 5. The minimum atomic E-state index is -0.112. The summed E-state index contributed by atoms with van der Waals surface area (Å²) in [7, 11) is 0. The number of rotatable bonds is 6. The van der Waals surface area contributed by atoms with Crippen LogP contribution in [0.3, 0.4) is 0 Å². The zero-order valence-corrected chi connectivity index (χ0v) is 17.7. The third kappa shape index (κ3) is 4.09. The average molecular weight is 416 g/mol. The molecule has 0 N–H and O–H groups in total. The van der Waals surface area contributed by atoms with E-state index in [9.17, 15) is 4.79 Å². The molecule has 0 aliphatic carbocycles. The van der Waals surface area contributed by atoms with E-state index in [4.69, 9.17) is 10.2 Å². The van der Waals surface area contributed by atoms with Crippen LogP contribution in [0.15, 0.2) is 55.1 Å². The van der Waals surface area contributed by atoms with Gasteiger partial charge in [0.25, 0.3) is 5.91 Å². The van der Waals surface area contributed by atoms with E-state index >= 15 is 0 Å². The van der Waals surface area contributed by atoms with Crippen LogP contribution in [0.1, 0.15) is 33.5 Å². The van der Waals surface area contributed by atoms with Gasteiger partial charge in [-0.25, -0.2) is 9.97 Å². The van der Waals surface area contributed by atoms with Crippen molar-refractivity contribution >= 4 is 32.6 Å². The van der Waals surface area contributed by atoms with Gasteiger partial charge in [-0.2, -0.15) is 5.26 Å². The number of hydrogen-bond acceptors (Lipinski definition) is 5. The van der Waals surface area contributed by atoms with Crippen LogP contribution < -0.4 is 4.90 Å². The van der Waals surface area contributed by atoms with E-state index in [-0.39, 0.29) is 5.91 Å². The number of aromatic nitrogens is 3. The van der Waals surface area contributed by atoms with Crippen LogP contribution in [0, 0.1) is 25.2 Å². The highest BCUT2D eigenvalue weighted by Crippen LogP contribution is 2.33. The van der Waals surface area contributed by atoms with Gasteiger partial charge in [-0.15, -0.1) is 0 Å². The highest BCUT2D eigenvalue weighted by molar-refractivity contribution is 7.22. The van der Waals surface area contributed by atoms with Gasteiger partial charge in [-0.1, -0.05) is 17.4 Å². The molecule has 4 rings (SSSR count). The first-order chi connectivity index (χ1) is 14.5. The molecular formula is C23H21N5OS. The monoisotopic (exact) mass is 415 g/mol. The number of carbonyl (C=O) groups excluding carboxylic acids is 1. The van der Waals surface area contributed by atoms with Crippen molar-refractivity contribution in [3.63, 3.8) is 0 Å². The lowest BCUT2D eigenvalue weighted by atomic mass is 10.1. The summed E-state index contributed by atoms with van der Waals surface area (Å²) >= 11 is 1.54. The van der Waals surface area contributed by atoms with Crippen molar-refractivity contribution in [1.82, 2.24) is 14.5 Å². The number of hydrogen-bond donors (Lipinski definition) is 0. The molecule has 30 heavy (non-hydrogen) atoms. The van der Waals surface area contributed by atoms with Crippen LogP contribution in [0.2, 0.25) is 0 Å². The summed E-state index contributed by atoms with van der Waals surface area (Å²) < 4.78 is 3.10. The summed E-state index contributed by atoms with van der Waals surface area (Å²) in [5.41, 5.74) is 4.31. The van der Waals surface area contributed by atoms with Gasteiger partial charge in [0.15, 0.2) is 5.13 Å². The van der Waals surface area contributed by atoms with Crippen LogP contribution >= 0.6 is 11.3 Å². The fourth-order valence-electron chi connectivity index (χ4n) is 3.44. The Balaban J connectivity index is 1.66. The number of anilines is 1. The Kier molecular flexibility index (Phi) is 5.59. The van der Waals surface area contributed by atoms with Gasteiger partial charge < -0.3 is 4.57 Å². The van der Waals surface area contributed by atoms with Crippen LogP contribution in [-0.2, 0) is 6.54 Å². The fourth-order valence-corrected chi connectivity index (χ4v) is 4.48. The first kappa shape index (κ1) is 19.8. The van der Waals surface area contributed by atoms with Crippen molar-refractivity contribution in [3.05, 3.63) is 77.4 Å². The standard InChI is InChI=1S/C23H21N5OS/c1-16-12-17(2)21-20(13-16)26-23(30-21)28(10-3-9-27-11-8-25-15-27)22(29)19-6-4-18(14-24)5-7-19/h4-8,11-13,15H,3,9-10H2,1-2H3. The first-order valence-electron chi connectivity index (χ1n) is 9.71. The fraction of sp³-hybridized carbons (Fsp3) is 0.217. The topological polar surface area (TPSA) is 74.8 Å². The maximum Gasteiger partial charge on any atom is 0.260 e. The Bertz CT molecular complexity index is 1220. The molecule has 7 heteroatoms. The summed E-state index contributed by atoms with van der Waals surface area (Å²) in [6, 6.07) is 13.0. The van der Waals surface area contributed by atoms with Gasteiger partial charge in [-0.3, -0.25) is 9.69 Å². The summed E-state index contributed by atoms with van der Waals surface area (Å²) in [4.78, 5) is 24.0. The van der Waals surface area contributed by atoms with Gasteiger partial charge >= 0.3 is 0 Å². The van der Waals surface area contributed by atoms with Crippen molar-refractivity contribution < 1.29 is 4.79 Å². The second kappa shape index (κ2) is 8.47. The number of fused-ring (bicyclic) bond motifs is 1. The number of amides is 1. The maximum absolute atomic E-state index is 13.4. The van der Waals surface area contributed by atoms with E-state index in [1.54, 1.807) is 53.0 Å². The van der Waals surface area contributed by atoms with Crippen LogP contribution in [0.4, 0.5) is 5.13 Å².